The van der Waals surface area contributed by atoms with Crippen LogP contribution in [0.15, 0.2) is 46.5 Å². The molecule has 0 radical (unpaired) electrons. The van der Waals surface area contributed by atoms with Crippen molar-refractivity contribution >= 4 is 23.7 Å². The minimum atomic E-state index is 0.881. The number of benzene rings is 2. The Morgan fingerprint density at radius 2 is 1.21 bits per heavy atom. The van der Waals surface area contributed by atoms with Gasteiger partial charge in [0.15, 0.2) is 0 Å². The first-order valence-corrected chi connectivity index (χ1v) is 7.99. The second-order valence-electron chi connectivity index (χ2n) is 6.27. The third-order valence-corrected chi connectivity index (χ3v) is 3.84. The zero-order valence-electron chi connectivity index (χ0n) is 15.0. The van der Waals surface area contributed by atoms with E-state index >= 15 is 0 Å². The van der Waals surface area contributed by atoms with Crippen LogP contribution in [0, 0.1) is 27.7 Å². The van der Waals surface area contributed by atoms with Crippen molar-refractivity contribution in [2.75, 3.05) is 0 Å². The summed E-state index contributed by atoms with van der Waals surface area (Å²) in [7, 11) is 0. The molecule has 1 N–H and O–H groups in total. The predicted octanol–water partition coefficient (Wildman–Crippen LogP) is 5.34. The molecular weight excluding hydrogens is 296 g/mol. The van der Waals surface area contributed by atoms with E-state index in [4.69, 9.17) is 5.21 Å². The molecule has 0 heterocycles. The SMILES string of the molecule is C\C(=C(/N=C/C=N/O)c1cc(C)cc(C)c1)c1cc(C)cc(C)c1. The van der Waals surface area contributed by atoms with Crippen molar-refractivity contribution in [3.63, 3.8) is 0 Å². The molecule has 124 valence electrons. The summed E-state index contributed by atoms with van der Waals surface area (Å²) in [5.74, 6) is 0. The number of allylic oxidation sites excluding steroid dienone is 1. The standard InChI is InChI=1S/C21H24N2O/c1-14-8-15(2)11-19(10-14)18(5)21(22-6-7-23-24)20-12-16(3)9-17(4)13-20/h6-13,24H,1-5H3/b21-18+,22-6+,23-7+. The van der Waals surface area contributed by atoms with Gasteiger partial charge in [-0.1, -0.05) is 51.7 Å². The molecule has 0 saturated carbocycles. The van der Waals surface area contributed by atoms with Crippen molar-refractivity contribution in [3.05, 3.63) is 69.8 Å². The lowest BCUT2D eigenvalue weighted by Gasteiger charge is -2.12. The number of aliphatic imine (C=N–C) groups is 1. The van der Waals surface area contributed by atoms with Gasteiger partial charge < -0.3 is 5.21 Å². The van der Waals surface area contributed by atoms with Crippen LogP contribution in [0.5, 0.6) is 0 Å². The molecule has 0 unspecified atom stereocenters. The number of hydrogen-bond acceptors (Lipinski definition) is 3. The molecule has 3 nitrogen and oxygen atoms in total. The molecule has 24 heavy (non-hydrogen) atoms. The van der Waals surface area contributed by atoms with E-state index in [-0.39, 0.29) is 0 Å². The number of oxime groups is 1. The molecule has 0 aliphatic carbocycles. The highest BCUT2D eigenvalue weighted by atomic mass is 16.4. The van der Waals surface area contributed by atoms with Crippen LogP contribution in [0.25, 0.3) is 11.3 Å². The Labute approximate surface area is 144 Å². The molecule has 0 bridgehead atoms. The van der Waals surface area contributed by atoms with Crippen LogP contribution in [-0.4, -0.2) is 17.6 Å². The van der Waals surface area contributed by atoms with Crippen LogP contribution >= 0.6 is 0 Å². The van der Waals surface area contributed by atoms with Crippen molar-refractivity contribution in [1.82, 2.24) is 0 Å². The summed E-state index contributed by atoms with van der Waals surface area (Å²) in [5.41, 5.74) is 9.03. The first-order valence-electron chi connectivity index (χ1n) is 7.99. The average molecular weight is 320 g/mol. The summed E-state index contributed by atoms with van der Waals surface area (Å²) in [4.78, 5) is 4.55. The van der Waals surface area contributed by atoms with Crippen LogP contribution in [-0.2, 0) is 0 Å². The van der Waals surface area contributed by atoms with Crippen molar-refractivity contribution in [2.45, 2.75) is 34.6 Å². The van der Waals surface area contributed by atoms with E-state index in [0.29, 0.717) is 0 Å². The van der Waals surface area contributed by atoms with Gasteiger partial charge in [0.1, 0.15) is 0 Å². The maximum Gasteiger partial charge on any atom is 0.0844 e. The van der Waals surface area contributed by atoms with E-state index in [9.17, 15) is 0 Å². The fourth-order valence-corrected chi connectivity index (χ4v) is 2.96. The molecule has 2 aromatic carbocycles. The van der Waals surface area contributed by atoms with Crippen LogP contribution in [0.3, 0.4) is 0 Å². The average Bonchev–Trinajstić information content (AvgIpc) is 2.49. The molecule has 0 saturated heterocycles. The van der Waals surface area contributed by atoms with Crippen molar-refractivity contribution < 1.29 is 5.21 Å². The molecule has 0 spiro atoms. The van der Waals surface area contributed by atoms with Crippen molar-refractivity contribution in [1.29, 1.82) is 0 Å². The highest BCUT2D eigenvalue weighted by molar-refractivity contribution is 6.17. The normalized spacial score (nSPS) is 12.9. The second-order valence-corrected chi connectivity index (χ2v) is 6.27. The highest BCUT2D eigenvalue weighted by Crippen LogP contribution is 2.29. The number of nitrogens with zero attached hydrogens (tertiary/aromatic N) is 2. The summed E-state index contributed by atoms with van der Waals surface area (Å²) in [6.07, 6.45) is 2.79. The molecule has 3 heteroatoms. The van der Waals surface area contributed by atoms with Crippen molar-refractivity contribution in [2.24, 2.45) is 10.1 Å². The largest absolute Gasteiger partial charge is 0.411 e. The fourth-order valence-electron chi connectivity index (χ4n) is 2.96. The van der Waals surface area contributed by atoms with E-state index in [1.165, 1.54) is 34.7 Å². The Bertz CT molecular complexity index is 789. The Kier molecular flexibility index (Phi) is 5.69. The Hall–Kier alpha value is -2.68. The van der Waals surface area contributed by atoms with Gasteiger partial charge in [-0.2, -0.15) is 0 Å². The smallest absolute Gasteiger partial charge is 0.0844 e. The Morgan fingerprint density at radius 1 is 0.750 bits per heavy atom. The van der Waals surface area contributed by atoms with E-state index in [2.05, 4.69) is 81.2 Å². The summed E-state index contributed by atoms with van der Waals surface area (Å²) in [6, 6.07) is 12.9. The third kappa shape index (κ3) is 4.42. The fraction of sp³-hybridized carbons (Fsp3) is 0.238. The maximum absolute atomic E-state index is 8.63. The molecule has 2 rings (SSSR count). The zero-order valence-corrected chi connectivity index (χ0v) is 15.0. The highest BCUT2D eigenvalue weighted by Gasteiger charge is 2.09. The lowest BCUT2D eigenvalue weighted by molar-refractivity contribution is 0.322. The second kappa shape index (κ2) is 7.73. The van der Waals surface area contributed by atoms with Gasteiger partial charge in [0.25, 0.3) is 0 Å². The molecule has 0 aromatic heterocycles. The van der Waals surface area contributed by atoms with E-state index < -0.39 is 0 Å². The van der Waals surface area contributed by atoms with Crippen LogP contribution in [0.4, 0.5) is 0 Å². The van der Waals surface area contributed by atoms with Crippen LogP contribution in [0.1, 0.15) is 40.3 Å². The summed E-state index contributed by atoms with van der Waals surface area (Å²) < 4.78 is 0. The maximum atomic E-state index is 8.63. The minimum Gasteiger partial charge on any atom is -0.411 e. The summed E-state index contributed by atoms with van der Waals surface area (Å²) in [6.45, 7) is 10.4. The molecule has 0 aliphatic rings. The minimum absolute atomic E-state index is 0.881. The van der Waals surface area contributed by atoms with E-state index in [1.807, 2.05) is 0 Å². The summed E-state index contributed by atoms with van der Waals surface area (Å²) >= 11 is 0. The lowest BCUT2D eigenvalue weighted by Crippen LogP contribution is -1.93. The topological polar surface area (TPSA) is 45.0 Å². The Morgan fingerprint density at radius 3 is 1.67 bits per heavy atom. The van der Waals surface area contributed by atoms with E-state index in [0.717, 1.165) is 22.4 Å². The molecule has 2 aromatic rings. The van der Waals surface area contributed by atoms with E-state index in [1.54, 1.807) is 0 Å². The Balaban J connectivity index is 2.67. The van der Waals surface area contributed by atoms with Gasteiger partial charge in [0.2, 0.25) is 0 Å². The van der Waals surface area contributed by atoms with Gasteiger partial charge in [-0.25, -0.2) is 0 Å². The number of hydrogen-bond donors (Lipinski definition) is 1. The van der Waals surface area contributed by atoms with Crippen LogP contribution in [0.2, 0.25) is 0 Å². The van der Waals surface area contributed by atoms with Crippen LogP contribution < -0.4 is 0 Å². The van der Waals surface area contributed by atoms with Gasteiger partial charge in [-0.15, -0.1) is 0 Å². The molecular formula is C21H24N2O. The third-order valence-electron chi connectivity index (χ3n) is 3.84. The molecule has 0 atom stereocenters. The van der Waals surface area contributed by atoms with Gasteiger partial charge in [-0.05, 0) is 57.9 Å². The number of aryl methyl sites for hydroxylation is 4. The number of rotatable bonds is 4. The summed E-state index contributed by atoms with van der Waals surface area (Å²) in [5, 5.41) is 11.6. The van der Waals surface area contributed by atoms with Crippen molar-refractivity contribution in [3.8, 4) is 0 Å². The first-order chi connectivity index (χ1) is 11.4. The van der Waals surface area contributed by atoms with Gasteiger partial charge in [0, 0.05) is 11.8 Å². The quantitative estimate of drug-likeness (QED) is 0.351. The molecule has 0 fully saturated rings. The molecule has 0 amide bonds. The zero-order chi connectivity index (χ0) is 17.7. The molecule has 0 aliphatic heterocycles. The predicted molar refractivity (Wildman–Crippen MR) is 103 cm³/mol. The van der Waals surface area contributed by atoms with Gasteiger partial charge in [-0.3, -0.25) is 4.99 Å². The monoisotopic (exact) mass is 320 g/mol. The lowest BCUT2D eigenvalue weighted by atomic mass is 9.96. The first kappa shape index (κ1) is 17.7. The van der Waals surface area contributed by atoms with Gasteiger partial charge >= 0.3 is 0 Å². The van der Waals surface area contributed by atoms with Gasteiger partial charge in [0.05, 0.1) is 11.9 Å².